The lowest BCUT2D eigenvalue weighted by Gasteiger charge is -2.53. The maximum Gasteiger partial charge on any atom is 0.302 e. The molecule has 4 heteroatoms. The van der Waals surface area contributed by atoms with Gasteiger partial charge in [-0.15, -0.1) is 0 Å². The van der Waals surface area contributed by atoms with Crippen LogP contribution in [0.5, 0.6) is 0 Å². The summed E-state index contributed by atoms with van der Waals surface area (Å²) in [6.45, 7) is 7.63. The van der Waals surface area contributed by atoms with Crippen molar-refractivity contribution in [2.45, 2.75) is 85.2 Å². The number of fused-ring (bicyclic) bond motifs is 4. The summed E-state index contributed by atoms with van der Waals surface area (Å²) in [6, 6.07) is 0. The van der Waals surface area contributed by atoms with Crippen LogP contribution in [-0.2, 0) is 19.1 Å². The predicted molar refractivity (Wildman–Crippen MR) is 102 cm³/mol. The zero-order chi connectivity index (χ0) is 19.6. The molecule has 4 nitrogen and oxygen atoms in total. The molecule has 0 aromatic heterocycles. The molecule has 0 saturated heterocycles. The minimum absolute atomic E-state index is 0.000238. The summed E-state index contributed by atoms with van der Waals surface area (Å²) in [7, 11) is 0. The topological polar surface area (TPSA) is 60.4 Å². The van der Waals surface area contributed by atoms with Crippen molar-refractivity contribution < 1.29 is 19.1 Å². The van der Waals surface area contributed by atoms with Crippen molar-refractivity contribution in [2.75, 3.05) is 0 Å². The van der Waals surface area contributed by atoms with Gasteiger partial charge in [0.15, 0.2) is 5.78 Å². The standard InChI is InChI=1S/C23H32O4/c1-13(24)18-7-8-19-17-6-5-15-11-16(27-14(2)25)9-10-22(15,3)21(17)20(26)12-23(18,19)4/h15-16,18-19H,5-12H2,1-4H3/t15-,16+,18+,19-,22-,23+/m0/s1. The zero-order valence-electron chi connectivity index (χ0n) is 17.1. The highest BCUT2D eigenvalue weighted by molar-refractivity contribution is 6.00. The van der Waals surface area contributed by atoms with Gasteiger partial charge in [0.05, 0.1) is 0 Å². The van der Waals surface area contributed by atoms with E-state index in [9.17, 15) is 14.4 Å². The van der Waals surface area contributed by atoms with Gasteiger partial charge in [-0.3, -0.25) is 14.4 Å². The molecular weight excluding hydrogens is 340 g/mol. The first-order chi connectivity index (χ1) is 12.7. The fourth-order valence-corrected chi connectivity index (χ4v) is 7.29. The third-order valence-corrected chi connectivity index (χ3v) is 8.49. The third kappa shape index (κ3) is 2.74. The zero-order valence-corrected chi connectivity index (χ0v) is 17.1. The quantitative estimate of drug-likeness (QED) is 0.674. The van der Waals surface area contributed by atoms with Crippen LogP contribution in [-0.4, -0.2) is 23.6 Å². The molecule has 0 radical (unpaired) electrons. The lowest BCUT2D eigenvalue weighted by molar-refractivity contribution is -0.151. The van der Waals surface area contributed by atoms with Gasteiger partial charge in [-0.05, 0) is 74.5 Å². The van der Waals surface area contributed by atoms with Gasteiger partial charge in [0, 0.05) is 24.8 Å². The highest BCUT2D eigenvalue weighted by atomic mass is 16.5. The van der Waals surface area contributed by atoms with Gasteiger partial charge in [-0.1, -0.05) is 19.4 Å². The fraction of sp³-hybridized carbons (Fsp3) is 0.783. The summed E-state index contributed by atoms with van der Waals surface area (Å²) in [6.07, 6.45) is 7.17. The van der Waals surface area contributed by atoms with Crippen LogP contribution in [0.3, 0.4) is 0 Å². The SMILES string of the molecule is CC(=O)O[C@@H]1CC[C@]2(C)C3=C(CC[C@H]2C1)[C@@H]1CC[C@H](C(C)=O)[C@@]1(C)CC3=O. The molecule has 0 aliphatic heterocycles. The van der Waals surface area contributed by atoms with Crippen molar-refractivity contribution in [2.24, 2.45) is 28.6 Å². The van der Waals surface area contributed by atoms with E-state index in [-0.39, 0.29) is 40.4 Å². The molecule has 148 valence electrons. The monoisotopic (exact) mass is 372 g/mol. The second-order valence-electron chi connectivity index (χ2n) is 9.96. The molecule has 6 atom stereocenters. The number of hydrogen-bond donors (Lipinski definition) is 0. The summed E-state index contributed by atoms with van der Waals surface area (Å²) in [5.41, 5.74) is 2.21. The molecule has 4 aliphatic rings. The molecule has 0 aromatic rings. The van der Waals surface area contributed by atoms with Crippen LogP contribution < -0.4 is 0 Å². The van der Waals surface area contributed by atoms with E-state index in [0.717, 1.165) is 50.5 Å². The lowest BCUT2D eigenvalue weighted by Crippen LogP contribution is -2.49. The van der Waals surface area contributed by atoms with Crippen LogP contribution in [0.1, 0.15) is 79.1 Å². The number of hydrogen-bond acceptors (Lipinski definition) is 4. The summed E-state index contributed by atoms with van der Waals surface area (Å²) in [4.78, 5) is 37.0. The Hall–Kier alpha value is -1.45. The van der Waals surface area contributed by atoms with Crippen LogP contribution in [0.25, 0.3) is 0 Å². The first kappa shape index (κ1) is 18.9. The number of ketones is 2. The van der Waals surface area contributed by atoms with E-state index in [2.05, 4.69) is 13.8 Å². The summed E-state index contributed by atoms with van der Waals surface area (Å²) >= 11 is 0. The van der Waals surface area contributed by atoms with E-state index in [1.54, 1.807) is 6.92 Å². The van der Waals surface area contributed by atoms with Crippen molar-refractivity contribution in [3.05, 3.63) is 11.1 Å². The van der Waals surface area contributed by atoms with Crippen LogP contribution >= 0.6 is 0 Å². The van der Waals surface area contributed by atoms with E-state index in [0.29, 0.717) is 18.3 Å². The molecule has 0 amide bonds. The normalized spacial score (nSPS) is 43.6. The Bertz CT molecular complexity index is 735. The minimum Gasteiger partial charge on any atom is -0.463 e. The number of allylic oxidation sites excluding steroid dienone is 2. The number of carbonyl (C=O) groups excluding carboxylic acids is 3. The molecule has 0 heterocycles. The maximum atomic E-state index is 13.4. The smallest absolute Gasteiger partial charge is 0.302 e. The van der Waals surface area contributed by atoms with Crippen LogP contribution in [0.4, 0.5) is 0 Å². The van der Waals surface area contributed by atoms with Crippen molar-refractivity contribution in [3.63, 3.8) is 0 Å². The summed E-state index contributed by atoms with van der Waals surface area (Å²) in [5.74, 6) is 1.17. The molecule has 2 saturated carbocycles. The van der Waals surface area contributed by atoms with E-state index >= 15 is 0 Å². The van der Waals surface area contributed by atoms with Crippen molar-refractivity contribution in [1.82, 2.24) is 0 Å². The Labute approximate surface area is 162 Å². The Morgan fingerprint density at radius 1 is 1.07 bits per heavy atom. The van der Waals surface area contributed by atoms with E-state index in [1.807, 2.05) is 0 Å². The Morgan fingerprint density at radius 2 is 1.81 bits per heavy atom. The highest BCUT2D eigenvalue weighted by Crippen LogP contribution is 2.64. The van der Waals surface area contributed by atoms with Gasteiger partial charge in [0.25, 0.3) is 0 Å². The molecule has 4 aliphatic carbocycles. The molecule has 4 rings (SSSR count). The van der Waals surface area contributed by atoms with Gasteiger partial charge in [-0.2, -0.15) is 0 Å². The van der Waals surface area contributed by atoms with E-state index < -0.39 is 0 Å². The summed E-state index contributed by atoms with van der Waals surface area (Å²) < 4.78 is 5.50. The second-order valence-corrected chi connectivity index (χ2v) is 9.96. The molecule has 0 bridgehead atoms. The van der Waals surface area contributed by atoms with Crippen LogP contribution in [0, 0.1) is 28.6 Å². The molecule has 0 N–H and O–H groups in total. The van der Waals surface area contributed by atoms with Gasteiger partial charge < -0.3 is 4.74 Å². The Morgan fingerprint density at radius 3 is 2.48 bits per heavy atom. The predicted octanol–water partition coefficient (Wildman–Crippen LogP) is 4.41. The van der Waals surface area contributed by atoms with Gasteiger partial charge >= 0.3 is 5.97 Å². The number of rotatable bonds is 2. The summed E-state index contributed by atoms with van der Waals surface area (Å²) in [5, 5.41) is 0. The number of esters is 1. The van der Waals surface area contributed by atoms with Crippen LogP contribution in [0.15, 0.2) is 11.1 Å². The molecule has 27 heavy (non-hydrogen) atoms. The largest absolute Gasteiger partial charge is 0.463 e. The molecule has 0 spiro atoms. The van der Waals surface area contributed by atoms with Crippen molar-refractivity contribution >= 4 is 17.5 Å². The first-order valence-corrected chi connectivity index (χ1v) is 10.6. The number of Topliss-reactive ketones (excluding diaryl/α,β-unsaturated/α-hetero) is 2. The molecule has 2 fully saturated rings. The van der Waals surface area contributed by atoms with Gasteiger partial charge in [0.1, 0.15) is 11.9 Å². The third-order valence-electron chi connectivity index (χ3n) is 8.49. The van der Waals surface area contributed by atoms with Crippen molar-refractivity contribution in [1.29, 1.82) is 0 Å². The van der Waals surface area contributed by atoms with Crippen LogP contribution in [0.2, 0.25) is 0 Å². The van der Waals surface area contributed by atoms with Crippen molar-refractivity contribution in [3.8, 4) is 0 Å². The average Bonchev–Trinajstić information content (AvgIpc) is 2.91. The first-order valence-electron chi connectivity index (χ1n) is 10.6. The average molecular weight is 373 g/mol. The highest BCUT2D eigenvalue weighted by Gasteiger charge is 2.58. The Kier molecular flexibility index (Phi) is 4.40. The molecule has 0 aromatic carbocycles. The Balaban J connectivity index is 1.68. The van der Waals surface area contributed by atoms with Gasteiger partial charge in [0.2, 0.25) is 0 Å². The maximum absolute atomic E-state index is 13.4. The second kappa shape index (κ2) is 6.28. The molecular formula is C23H32O4. The van der Waals surface area contributed by atoms with E-state index in [4.69, 9.17) is 4.74 Å². The lowest BCUT2D eigenvalue weighted by atomic mass is 9.50. The number of carbonyl (C=O) groups is 3. The van der Waals surface area contributed by atoms with E-state index in [1.165, 1.54) is 12.5 Å². The number of ether oxygens (including phenoxy) is 1. The minimum atomic E-state index is -0.204. The van der Waals surface area contributed by atoms with Gasteiger partial charge in [-0.25, -0.2) is 0 Å². The fourth-order valence-electron chi connectivity index (χ4n) is 7.29. The molecule has 0 unspecified atom stereocenters.